The number of amides is 3. The van der Waals surface area contributed by atoms with Crippen LogP contribution >= 0.6 is 0 Å². The van der Waals surface area contributed by atoms with Crippen LogP contribution in [0.1, 0.15) is 45.1 Å². The second kappa shape index (κ2) is 10.4. The van der Waals surface area contributed by atoms with Crippen LogP contribution in [0.15, 0.2) is 30.3 Å². The third-order valence-corrected chi connectivity index (χ3v) is 4.49. The number of benzene rings is 1. The van der Waals surface area contributed by atoms with E-state index in [-0.39, 0.29) is 31.3 Å². The van der Waals surface area contributed by atoms with E-state index in [4.69, 9.17) is 5.11 Å². The molecule has 26 heavy (non-hydrogen) atoms. The molecule has 0 atom stereocenters. The fourth-order valence-electron chi connectivity index (χ4n) is 2.72. The van der Waals surface area contributed by atoms with Gasteiger partial charge in [0.15, 0.2) is 0 Å². The molecule has 0 aliphatic rings. The van der Waals surface area contributed by atoms with Crippen molar-refractivity contribution in [2.75, 3.05) is 13.6 Å². The van der Waals surface area contributed by atoms with E-state index in [1.54, 1.807) is 11.9 Å². The molecule has 3 amide bonds. The quantitative estimate of drug-likeness (QED) is 0.594. The van der Waals surface area contributed by atoms with Gasteiger partial charge < -0.3 is 20.6 Å². The third kappa shape index (κ3) is 7.13. The maximum Gasteiger partial charge on any atom is 0.317 e. The lowest BCUT2D eigenvalue weighted by Gasteiger charge is -2.31. The van der Waals surface area contributed by atoms with Crippen LogP contribution in [0.25, 0.3) is 0 Å². The van der Waals surface area contributed by atoms with Gasteiger partial charge in [0.05, 0.1) is 6.42 Å². The lowest BCUT2D eigenvalue weighted by Crippen LogP contribution is -2.49. The second-order valence-corrected chi connectivity index (χ2v) is 6.43. The summed E-state index contributed by atoms with van der Waals surface area (Å²) in [6.07, 6.45) is 1.06. The number of carboxylic acid groups (broad SMARTS) is 1. The molecular formula is C19H29N3O4. The van der Waals surface area contributed by atoms with Crippen LogP contribution in [-0.4, -0.2) is 47.0 Å². The zero-order chi connectivity index (χ0) is 19.6. The number of carbonyl (C=O) groups is 3. The van der Waals surface area contributed by atoms with Gasteiger partial charge in [0.1, 0.15) is 0 Å². The Morgan fingerprint density at radius 3 is 2.27 bits per heavy atom. The first-order valence-corrected chi connectivity index (χ1v) is 8.87. The van der Waals surface area contributed by atoms with E-state index in [0.717, 1.165) is 5.56 Å². The van der Waals surface area contributed by atoms with E-state index in [2.05, 4.69) is 10.6 Å². The first-order valence-electron chi connectivity index (χ1n) is 8.87. The molecule has 0 bridgehead atoms. The fourth-order valence-corrected chi connectivity index (χ4v) is 2.72. The summed E-state index contributed by atoms with van der Waals surface area (Å²) in [7, 11) is 1.69. The molecule has 0 aliphatic heterocycles. The smallest absolute Gasteiger partial charge is 0.317 e. The summed E-state index contributed by atoms with van der Waals surface area (Å²) in [4.78, 5) is 36.8. The lowest BCUT2D eigenvalue weighted by atomic mass is 9.89. The van der Waals surface area contributed by atoms with Crippen molar-refractivity contribution >= 4 is 17.9 Å². The van der Waals surface area contributed by atoms with Gasteiger partial charge in [0.25, 0.3) is 0 Å². The fraction of sp³-hybridized carbons (Fsp3) is 0.526. The van der Waals surface area contributed by atoms with Gasteiger partial charge in [-0.15, -0.1) is 0 Å². The average molecular weight is 363 g/mol. The molecule has 1 aromatic carbocycles. The molecule has 144 valence electrons. The number of nitrogens with zero attached hydrogens (tertiary/aromatic N) is 1. The van der Waals surface area contributed by atoms with Crippen LogP contribution in [0.3, 0.4) is 0 Å². The standard InChI is InChI=1S/C19H29N3O4/c1-4-19(5-2,13-17(24)25)21-16(23)11-12-20-18(26)22(3)14-15-9-7-6-8-10-15/h6-10H,4-5,11-14H2,1-3H3,(H,20,26)(H,21,23)(H,24,25). The molecular weight excluding hydrogens is 334 g/mol. The number of carbonyl (C=O) groups excluding carboxylic acids is 2. The van der Waals surface area contributed by atoms with Gasteiger partial charge in [-0.25, -0.2) is 4.79 Å². The first kappa shape index (κ1) is 21.5. The largest absolute Gasteiger partial charge is 0.481 e. The van der Waals surface area contributed by atoms with Crippen molar-refractivity contribution in [2.24, 2.45) is 0 Å². The van der Waals surface area contributed by atoms with E-state index < -0.39 is 11.5 Å². The number of nitrogens with one attached hydrogen (secondary N) is 2. The SMILES string of the molecule is CCC(CC)(CC(=O)O)NC(=O)CCNC(=O)N(C)Cc1ccccc1. The number of urea groups is 1. The van der Waals surface area contributed by atoms with Gasteiger partial charge >= 0.3 is 12.0 Å². The molecule has 0 aromatic heterocycles. The number of aliphatic carboxylic acids is 1. The minimum absolute atomic E-state index is 0.103. The van der Waals surface area contributed by atoms with Gasteiger partial charge in [0, 0.05) is 32.1 Å². The highest BCUT2D eigenvalue weighted by molar-refractivity contribution is 5.79. The molecule has 0 saturated heterocycles. The Bertz CT molecular complexity index is 600. The van der Waals surface area contributed by atoms with E-state index in [9.17, 15) is 14.4 Å². The van der Waals surface area contributed by atoms with Crippen molar-refractivity contribution in [3.63, 3.8) is 0 Å². The van der Waals surface area contributed by atoms with Crippen LogP contribution in [0.4, 0.5) is 4.79 Å². The predicted octanol–water partition coefficient (Wildman–Crippen LogP) is 2.37. The zero-order valence-electron chi connectivity index (χ0n) is 15.7. The van der Waals surface area contributed by atoms with Gasteiger partial charge in [-0.1, -0.05) is 44.2 Å². The molecule has 7 heteroatoms. The Morgan fingerprint density at radius 1 is 1.12 bits per heavy atom. The van der Waals surface area contributed by atoms with E-state index in [1.165, 1.54) is 0 Å². The summed E-state index contributed by atoms with van der Waals surface area (Å²) < 4.78 is 0. The highest BCUT2D eigenvalue weighted by atomic mass is 16.4. The summed E-state index contributed by atoms with van der Waals surface area (Å²) in [5.41, 5.74) is 0.282. The van der Waals surface area contributed by atoms with E-state index >= 15 is 0 Å². The second-order valence-electron chi connectivity index (χ2n) is 6.43. The molecule has 0 spiro atoms. The molecule has 0 aliphatic carbocycles. The molecule has 0 radical (unpaired) electrons. The van der Waals surface area contributed by atoms with Crippen molar-refractivity contribution in [3.05, 3.63) is 35.9 Å². The maximum atomic E-state index is 12.1. The zero-order valence-corrected chi connectivity index (χ0v) is 15.7. The predicted molar refractivity (Wildman–Crippen MR) is 99.6 cm³/mol. The van der Waals surface area contributed by atoms with Crippen LogP contribution < -0.4 is 10.6 Å². The van der Waals surface area contributed by atoms with Crippen LogP contribution in [0.2, 0.25) is 0 Å². The van der Waals surface area contributed by atoms with E-state index in [0.29, 0.717) is 19.4 Å². The van der Waals surface area contributed by atoms with Crippen molar-refractivity contribution in [3.8, 4) is 0 Å². The van der Waals surface area contributed by atoms with Crippen molar-refractivity contribution < 1.29 is 19.5 Å². The van der Waals surface area contributed by atoms with Crippen LogP contribution in [-0.2, 0) is 16.1 Å². The molecule has 3 N–H and O–H groups in total. The van der Waals surface area contributed by atoms with Crippen LogP contribution in [0.5, 0.6) is 0 Å². The Balaban J connectivity index is 2.42. The highest BCUT2D eigenvalue weighted by Crippen LogP contribution is 2.19. The monoisotopic (exact) mass is 363 g/mol. The Hall–Kier alpha value is -2.57. The topological polar surface area (TPSA) is 98.7 Å². The Kier molecular flexibility index (Phi) is 8.61. The van der Waals surface area contributed by atoms with Gasteiger partial charge in [-0.2, -0.15) is 0 Å². The maximum absolute atomic E-state index is 12.1. The minimum atomic E-state index is -0.940. The number of hydrogen-bond donors (Lipinski definition) is 3. The molecule has 7 nitrogen and oxygen atoms in total. The van der Waals surface area contributed by atoms with Gasteiger partial charge in [-0.05, 0) is 18.4 Å². The van der Waals surface area contributed by atoms with Crippen molar-refractivity contribution in [1.82, 2.24) is 15.5 Å². The van der Waals surface area contributed by atoms with Gasteiger partial charge in [-0.3, -0.25) is 9.59 Å². The van der Waals surface area contributed by atoms with E-state index in [1.807, 2.05) is 44.2 Å². The number of hydrogen-bond acceptors (Lipinski definition) is 3. The summed E-state index contributed by atoms with van der Waals surface area (Å²) in [6.45, 7) is 4.38. The molecule has 0 fully saturated rings. The van der Waals surface area contributed by atoms with Crippen molar-refractivity contribution in [1.29, 1.82) is 0 Å². The molecule has 0 saturated carbocycles. The molecule has 0 unspecified atom stereocenters. The summed E-state index contributed by atoms with van der Waals surface area (Å²) >= 11 is 0. The Labute approximate surface area is 154 Å². The minimum Gasteiger partial charge on any atom is -0.481 e. The lowest BCUT2D eigenvalue weighted by molar-refractivity contribution is -0.139. The molecule has 1 aromatic rings. The molecule has 0 heterocycles. The van der Waals surface area contributed by atoms with Gasteiger partial charge in [0.2, 0.25) is 5.91 Å². The number of rotatable bonds is 10. The van der Waals surface area contributed by atoms with Crippen molar-refractivity contribution in [2.45, 2.75) is 51.6 Å². The highest BCUT2D eigenvalue weighted by Gasteiger charge is 2.30. The summed E-state index contributed by atoms with van der Waals surface area (Å²) in [6, 6.07) is 9.36. The molecule has 1 rings (SSSR count). The summed E-state index contributed by atoms with van der Waals surface area (Å²) in [5, 5.41) is 14.6. The third-order valence-electron chi connectivity index (χ3n) is 4.49. The first-order chi connectivity index (χ1) is 12.3. The average Bonchev–Trinajstić information content (AvgIpc) is 2.61. The summed E-state index contributed by atoms with van der Waals surface area (Å²) in [5.74, 6) is -1.20. The van der Waals surface area contributed by atoms with Crippen LogP contribution in [0, 0.1) is 0 Å². The normalized spacial score (nSPS) is 10.9. The number of carboxylic acids is 1. The Morgan fingerprint density at radius 2 is 1.73 bits per heavy atom.